The molecular weight excluding hydrogens is 498 g/mol. The zero-order chi connectivity index (χ0) is 24.9. The standard InChI is InChI=1S/C24H19ClF2N4O3S/c1-15-28-29-24(31(15)20-9-7-19(27)8-10-20)35-23(13-30(32)33)17-4-11-22(21(25)12-17)34-14-16-2-5-18(26)6-3-16/h2-12,23H,13-14H2,1H3/t23-/m0/s1. The fourth-order valence-electron chi connectivity index (χ4n) is 3.36. The molecule has 0 amide bonds. The Morgan fingerprint density at radius 3 is 2.34 bits per heavy atom. The molecule has 0 N–H and O–H groups in total. The molecule has 0 spiro atoms. The predicted octanol–water partition coefficient (Wildman–Crippen LogP) is 6.20. The molecule has 1 heterocycles. The first-order valence-corrected chi connectivity index (χ1v) is 11.7. The van der Waals surface area contributed by atoms with Gasteiger partial charge in [-0.15, -0.1) is 10.2 Å². The number of halogens is 3. The van der Waals surface area contributed by atoms with Gasteiger partial charge in [0.25, 0.3) is 0 Å². The largest absolute Gasteiger partial charge is 0.487 e. The SMILES string of the molecule is Cc1nnc(S[C@@H](C[N+](=O)[O-])c2ccc(OCc3ccc(F)cc3)c(Cl)c2)n1-c1ccc(F)cc1. The Morgan fingerprint density at radius 2 is 1.71 bits per heavy atom. The molecule has 0 radical (unpaired) electrons. The van der Waals surface area contributed by atoms with Gasteiger partial charge in [-0.2, -0.15) is 0 Å². The van der Waals surface area contributed by atoms with Crippen molar-refractivity contribution in [1.82, 2.24) is 14.8 Å². The van der Waals surface area contributed by atoms with E-state index in [9.17, 15) is 18.9 Å². The molecule has 7 nitrogen and oxygen atoms in total. The van der Waals surface area contributed by atoms with Gasteiger partial charge in [0.05, 0.1) is 5.02 Å². The number of benzene rings is 3. The third-order valence-electron chi connectivity index (χ3n) is 5.08. The number of rotatable bonds is 9. The van der Waals surface area contributed by atoms with Crippen molar-refractivity contribution in [3.8, 4) is 11.4 Å². The lowest BCUT2D eigenvalue weighted by atomic mass is 10.1. The van der Waals surface area contributed by atoms with Crippen LogP contribution in [0.3, 0.4) is 0 Å². The second kappa shape index (κ2) is 10.8. The topological polar surface area (TPSA) is 83.1 Å². The van der Waals surface area contributed by atoms with Crippen molar-refractivity contribution in [2.24, 2.45) is 0 Å². The van der Waals surface area contributed by atoms with Gasteiger partial charge in [-0.25, -0.2) is 8.78 Å². The summed E-state index contributed by atoms with van der Waals surface area (Å²) in [6, 6.07) is 16.7. The van der Waals surface area contributed by atoms with Crippen LogP contribution in [0.2, 0.25) is 5.02 Å². The second-order valence-electron chi connectivity index (χ2n) is 7.57. The van der Waals surface area contributed by atoms with E-state index in [4.69, 9.17) is 16.3 Å². The second-order valence-corrected chi connectivity index (χ2v) is 9.15. The van der Waals surface area contributed by atoms with Gasteiger partial charge in [0.15, 0.2) is 5.16 Å². The first kappa shape index (κ1) is 24.6. The van der Waals surface area contributed by atoms with Gasteiger partial charge in [-0.3, -0.25) is 14.7 Å². The highest BCUT2D eigenvalue weighted by molar-refractivity contribution is 7.99. The van der Waals surface area contributed by atoms with Crippen LogP contribution < -0.4 is 4.74 Å². The number of nitrogens with zero attached hydrogens (tertiary/aromatic N) is 4. The molecule has 0 unspecified atom stereocenters. The normalized spacial score (nSPS) is 11.9. The Labute approximate surface area is 208 Å². The van der Waals surface area contributed by atoms with Crippen molar-refractivity contribution in [2.45, 2.75) is 23.9 Å². The summed E-state index contributed by atoms with van der Waals surface area (Å²) >= 11 is 7.58. The first-order chi connectivity index (χ1) is 16.8. The molecule has 4 aromatic rings. The van der Waals surface area contributed by atoms with Crippen molar-refractivity contribution in [2.75, 3.05) is 6.54 Å². The highest BCUT2D eigenvalue weighted by atomic mass is 35.5. The molecule has 1 aromatic heterocycles. The summed E-state index contributed by atoms with van der Waals surface area (Å²) in [6.07, 6.45) is 0. The van der Waals surface area contributed by atoms with Crippen LogP contribution in [0, 0.1) is 28.7 Å². The molecule has 180 valence electrons. The lowest BCUT2D eigenvalue weighted by Crippen LogP contribution is -2.11. The molecule has 35 heavy (non-hydrogen) atoms. The molecule has 0 aliphatic rings. The van der Waals surface area contributed by atoms with Crippen LogP contribution in [0.1, 0.15) is 22.2 Å². The van der Waals surface area contributed by atoms with E-state index in [0.29, 0.717) is 28.0 Å². The molecule has 0 fully saturated rings. The van der Waals surface area contributed by atoms with E-state index >= 15 is 0 Å². The van der Waals surface area contributed by atoms with Crippen LogP contribution in [0.25, 0.3) is 5.69 Å². The third-order valence-corrected chi connectivity index (χ3v) is 6.55. The summed E-state index contributed by atoms with van der Waals surface area (Å²) in [4.78, 5) is 11.0. The predicted molar refractivity (Wildman–Crippen MR) is 129 cm³/mol. The molecule has 3 aromatic carbocycles. The van der Waals surface area contributed by atoms with E-state index < -0.39 is 10.2 Å². The Hall–Kier alpha value is -3.50. The third kappa shape index (κ3) is 6.14. The lowest BCUT2D eigenvalue weighted by Gasteiger charge is -2.16. The maximum Gasteiger partial charge on any atom is 0.220 e. The number of hydrogen-bond acceptors (Lipinski definition) is 6. The lowest BCUT2D eigenvalue weighted by molar-refractivity contribution is -0.479. The van der Waals surface area contributed by atoms with E-state index in [0.717, 1.165) is 17.3 Å². The zero-order valence-corrected chi connectivity index (χ0v) is 20.0. The van der Waals surface area contributed by atoms with E-state index in [-0.39, 0.29) is 29.8 Å². The number of nitro groups is 1. The molecule has 0 bridgehead atoms. The monoisotopic (exact) mass is 516 g/mol. The summed E-state index contributed by atoms with van der Waals surface area (Å²) in [7, 11) is 0. The Balaban J connectivity index is 1.56. The van der Waals surface area contributed by atoms with Crippen LogP contribution in [0.15, 0.2) is 71.9 Å². The fraction of sp³-hybridized carbons (Fsp3) is 0.167. The average molecular weight is 517 g/mol. The Bertz CT molecular complexity index is 1330. The van der Waals surface area contributed by atoms with Gasteiger partial charge in [0.1, 0.15) is 35.1 Å². The molecule has 11 heteroatoms. The minimum Gasteiger partial charge on any atom is -0.487 e. The van der Waals surface area contributed by atoms with Crippen LogP contribution >= 0.6 is 23.4 Å². The molecule has 0 aliphatic carbocycles. The van der Waals surface area contributed by atoms with Crippen LogP contribution in [-0.2, 0) is 6.61 Å². The van der Waals surface area contributed by atoms with Crippen LogP contribution in [0.5, 0.6) is 5.75 Å². The summed E-state index contributed by atoms with van der Waals surface area (Å²) in [5, 5.41) is 19.8. The van der Waals surface area contributed by atoms with Gasteiger partial charge < -0.3 is 4.74 Å². The summed E-state index contributed by atoms with van der Waals surface area (Å²) in [5.74, 6) is 0.240. The fourth-order valence-corrected chi connectivity index (χ4v) is 4.76. The van der Waals surface area contributed by atoms with Crippen molar-refractivity contribution < 1.29 is 18.4 Å². The molecule has 0 saturated carbocycles. The van der Waals surface area contributed by atoms with Gasteiger partial charge >= 0.3 is 0 Å². The molecule has 0 aliphatic heterocycles. The van der Waals surface area contributed by atoms with Gasteiger partial charge in [0.2, 0.25) is 6.54 Å². The molecule has 0 saturated heterocycles. The summed E-state index contributed by atoms with van der Waals surface area (Å²) < 4.78 is 33.9. The first-order valence-electron chi connectivity index (χ1n) is 10.4. The maximum absolute atomic E-state index is 13.4. The van der Waals surface area contributed by atoms with Crippen LogP contribution in [0.4, 0.5) is 8.78 Å². The quantitative estimate of drug-likeness (QED) is 0.150. The van der Waals surface area contributed by atoms with E-state index in [1.807, 2.05) is 0 Å². The smallest absolute Gasteiger partial charge is 0.220 e. The maximum atomic E-state index is 13.4. The molecule has 4 rings (SSSR count). The minimum atomic E-state index is -0.628. The summed E-state index contributed by atoms with van der Waals surface area (Å²) in [5.41, 5.74) is 2.01. The number of aryl methyl sites for hydroxylation is 1. The van der Waals surface area contributed by atoms with E-state index in [2.05, 4.69) is 10.2 Å². The van der Waals surface area contributed by atoms with Crippen molar-refractivity contribution in [3.63, 3.8) is 0 Å². The van der Waals surface area contributed by atoms with Crippen LogP contribution in [-0.4, -0.2) is 26.2 Å². The van der Waals surface area contributed by atoms with Gasteiger partial charge in [-0.05, 0) is 66.6 Å². The molecular formula is C24H19ClF2N4O3S. The van der Waals surface area contributed by atoms with Gasteiger partial charge in [0, 0.05) is 10.6 Å². The number of hydrogen-bond donors (Lipinski definition) is 0. The van der Waals surface area contributed by atoms with Crippen molar-refractivity contribution in [3.05, 3.63) is 110 Å². The van der Waals surface area contributed by atoms with Gasteiger partial charge in [-0.1, -0.05) is 41.6 Å². The van der Waals surface area contributed by atoms with E-state index in [1.54, 1.807) is 54.0 Å². The van der Waals surface area contributed by atoms with Crippen molar-refractivity contribution >= 4 is 23.4 Å². The number of ether oxygens (including phenoxy) is 1. The van der Waals surface area contributed by atoms with Crippen molar-refractivity contribution in [1.29, 1.82) is 0 Å². The average Bonchev–Trinajstić information content (AvgIpc) is 3.19. The van der Waals surface area contributed by atoms with E-state index in [1.165, 1.54) is 24.3 Å². The number of thioether (sulfide) groups is 1. The summed E-state index contributed by atoms with van der Waals surface area (Å²) in [6.45, 7) is 1.55. The molecule has 1 atom stereocenters. The minimum absolute atomic E-state index is 0.187. The Morgan fingerprint density at radius 1 is 1.06 bits per heavy atom. The Kier molecular flexibility index (Phi) is 7.62. The highest BCUT2D eigenvalue weighted by Crippen LogP contribution is 2.38. The highest BCUT2D eigenvalue weighted by Gasteiger charge is 2.24. The number of aromatic nitrogens is 3. The zero-order valence-electron chi connectivity index (χ0n) is 18.4.